The zero-order valence-electron chi connectivity index (χ0n) is 8.77. The first-order valence-electron chi connectivity index (χ1n) is 4.85. The molecule has 1 fully saturated rings. The summed E-state index contributed by atoms with van der Waals surface area (Å²) >= 11 is 3.30. The van der Waals surface area contributed by atoms with E-state index in [1.54, 1.807) is 25.1 Å². The maximum atomic E-state index is 13.7. The first-order valence-corrected chi connectivity index (χ1v) is 5.64. The molecule has 1 aliphatic rings. The standard InChI is InChI=1S/C11H12BrF2N.ClH/c1-10(11(13,14)5-6-15-10)8-3-2-4-9(12)7-8;/h2-4,7,15H,5-6H2,1H3;1H. The number of alkyl halides is 2. The van der Waals surface area contributed by atoms with E-state index in [9.17, 15) is 8.78 Å². The fourth-order valence-electron chi connectivity index (χ4n) is 1.96. The Balaban J connectivity index is 0.00000128. The molecule has 1 aromatic carbocycles. The first kappa shape index (κ1) is 13.9. The number of benzene rings is 1. The molecule has 0 bridgehead atoms. The molecule has 1 unspecified atom stereocenters. The summed E-state index contributed by atoms with van der Waals surface area (Å²) in [5.74, 6) is -2.69. The van der Waals surface area contributed by atoms with E-state index in [0.29, 0.717) is 12.1 Å². The molecule has 2 rings (SSSR count). The summed E-state index contributed by atoms with van der Waals surface area (Å²) in [5, 5.41) is 2.90. The molecule has 1 nitrogen and oxygen atoms in total. The van der Waals surface area contributed by atoms with Crippen molar-refractivity contribution in [3.63, 3.8) is 0 Å². The van der Waals surface area contributed by atoms with Crippen molar-refractivity contribution in [1.29, 1.82) is 0 Å². The van der Waals surface area contributed by atoms with E-state index in [2.05, 4.69) is 21.2 Å². The van der Waals surface area contributed by atoms with Crippen molar-refractivity contribution in [2.24, 2.45) is 0 Å². The van der Waals surface area contributed by atoms with Crippen molar-refractivity contribution < 1.29 is 8.78 Å². The fraction of sp³-hybridized carbons (Fsp3) is 0.455. The lowest BCUT2D eigenvalue weighted by Gasteiger charge is -2.31. The van der Waals surface area contributed by atoms with Crippen LogP contribution in [0.3, 0.4) is 0 Å². The second-order valence-electron chi connectivity index (χ2n) is 4.02. The Bertz CT molecular complexity index is 386. The van der Waals surface area contributed by atoms with Crippen LogP contribution in [0.4, 0.5) is 8.78 Å². The average Bonchev–Trinajstić information content (AvgIpc) is 2.43. The van der Waals surface area contributed by atoms with E-state index >= 15 is 0 Å². The van der Waals surface area contributed by atoms with Crippen LogP contribution in [0.25, 0.3) is 0 Å². The maximum absolute atomic E-state index is 13.7. The third-order valence-electron chi connectivity index (χ3n) is 3.05. The molecule has 0 amide bonds. The Kier molecular flexibility index (Phi) is 3.98. The van der Waals surface area contributed by atoms with Crippen LogP contribution >= 0.6 is 28.3 Å². The molecule has 0 radical (unpaired) electrons. The molecule has 1 aromatic rings. The molecule has 1 saturated heterocycles. The number of hydrogen-bond acceptors (Lipinski definition) is 1. The van der Waals surface area contributed by atoms with Crippen LogP contribution in [0.1, 0.15) is 18.9 Å². The topological polar surface area (TPSA) is 12.0 Å². The highest BCUT2D eigenvalue weighted by Gasteiger charge is 2.54. The predicted molar refractivity (Wildman–Crippen MR) is 66.3 cm³/mol. The van der Waals surface area contributed by atoms with E-state index in [-0.39, 0.29) is 18.8 Å². The van der Waals surface area contributed by atoms with Crippen molar-refractivity contribution in [3.05, 3.63) is 34.3 Å². The lowest BCUT2D eigenvalue weighted by molar-refractivity contribution is -0.0559. The van der Waals surface area contributed by atoms with Crippen molar-refractivity contribution in [2.75, 3.05) is 6.54 Å². The van der Waals surface area contributed by atoms with E-state index < -0.39 is 11.5 Å². The van der Waals surface area contributed by atoms with Gasteiger partial charge in [0.2, 0.25) is 0 Å². The molecule has 16 heavy (non-hydrogen) atoms. The second kappa shape index (κ2) is 4.59. The average molecular weight is 313 g/mol. The minimum Gasteiger partial charge on any atom is -0.302 e. The van der Waals surface area contributed by atoms with Crippen molar-refractivity contribution >= 4 is 28.3 Å². The molecular formula is C11H13BrClF2N. The molecule has 0 aliphatic carbocycles. The molecule has 5 heteroatoms. The summed E-state index contributed by atoms with van der Waals surface area (Å²) in [6.45, 7) is 1.91. The lowest BCUT2D eigenvalue weighted by atomic mass is 9.87. The van der Waals surface area contributed by atoms with Gasteiger partial charge >= 0.3 is 0 Å². The van der Waals surface area contributed by atoms with Crippen LogP contribution in [0.2, 0.25) is 0 Å². The number of hydrogen-bond donors (Lipinski definition) is 1. The largest absolute Gasteiger partial charge is 0.302 e. The van der Waals surface area contributed by atoms with E-state index in [4.69, 9.17) is 0 Å². The van der Waals surface area contributed by atoms with E-state index in [1.807, 2.05) is 6.07 Å². The quantitative estimate of drug-likeness (QED) is 0.833. The van der Waals surface area contributed by atoms with Crippen molar-refractivity contribution in [1.82, 2.24) is 5.32 Å². The molecule has 0 saturated carbocycles. The monoisotopic (exact) mass is 311 g/mol. The molecular weight excluding hydrogens is 299 g/mol. The highest BCUT2D eigenvalue weighted by molar-refractivity contribution is 9.10. The van der Waals surface area contributed by atoms with E-state index in [1.165, 1.54) is 0 Å². The highest BCUT2D eigenvalue weighted by atomic mass is 79.9. The van der Waals surface area contributed by atoms with Crippen LogP contribution in [0.15, 0.2) is 28.7 Å². The van der Waals surface area contributed by atoms with Crippen LogP contribution in [0.5, 0.6) is 0 Å². The minimum atomic E-state index is -2.69. The Hall–Kier alpha value is -0.190. The Morgan fingerprint density at radius 2 is 2.06 bits per heavy atom. The molecule has 1 atom stereocenters. The zero-order chi connectivity index (χ0) is 11.1. The number of rotatable bonds is 1. The Labute approximate surface area is 108 Å². The van der Waals surface area contributed by atoms with Gasteiger partial charge in [-0.15, -0.1) is 12.4 Å². The molecule has 1 N–H and O–H groups in total. The van der Waals surface area contributed by atoms with Gasteiger partial charge in [-0.25, -0.2) is 8.78 Å². The zero-order valence-corrected chi connectivity index (χ0v) is 11.2. The molecule has 90 valence electrons. The Morgan fingerprint density at radius 1 is 1.38 bits per heavy atom. The van der Waals surface area contributed by atoms with Gasteiger partial charge in [0.1, 0.15) is 5.54 Å². The number of nitrogens with one attached hydrogen (secondary N) is 1. The summed E-state index contributed by atoms with van der Waals surface area (Å²) in [4.78, 5) is 0. The summed E-state index contributed by atoms with van der Waals surface area (Å²) in [6.07, 6.45) is -0.101. The molecule has 1 aliphatic heterocycles. The van der Waals surface area contributed by atoms with Crippen molar-refractivity contribution in [2.45, 2.75) is 24.8 Å². The van der Waals surface area contributed by atoms with Gasteiger partial charge in [0.25, 0.3) is 5.92 Å². The lowest BCUT2D eigenvalue weighted by Crippen LogP contribution is -2.46. The van der Waals surface area contributed by atoms with Gasteiger partial charge in [-0.2, -0.15) is 0 Å². The summed E-state index contributed by atoms with van der Waals surface area (Å²) in [7, 11) is 0. The van der Waals surface area contributed by atoms with Crippen LogP contribution in [-0.4, -0.2) is 12.5 Å². The van der Waals surface area contributed by atoms with Gasteiger partial charge in [0.15, 0.2) is 0 Å². The van der Waals surface area contributed by atoms with Gasteiger partial charge in [0.05, 0.1) is 0 Å². The van der Waals surface area contributed by atoms with Crippen LogP contribution in [0, 0.1) is 0 Å². The SMILES string of the molecule is CC1(c2cccc(Br)c2)NCCC1(F)F.Cl. The third kappa shape index (κ3) is 2.11. The summed E-state index contributed by atoms with van der Waals surface area (Å²) in [6, 6.07) is 7.09. The smallest absolute Gasteiger partial charge is 0.270 e. The molecule has 0 aromatic heterocycles. The fourth-order valence-corrected chi connectivity index (χ4v) is 2.36. The summed E-state index contributed by atoms with van der Waals surface area (Å²) in [5.41, 5.74) is -0.615. The minimum absolute atomic E-state index is 0. The predicted octanol–water partition coefficient (Wildman–Crippen LogP) is 3.71. The summed E-state index contributed by atoms with van der Waals surface area (Å²) < 4.78 is 28.3. The molecule has 0 spiro atoms. The second-order valence-corrected chi connectivity index (χ2v) is 4.93. The van der Waals surface area contributed by atoms with Gasteiger partial charge in [-0.05, 0) is 24.6 Å². The van der Waals surface area contributed by atoms with Gasteiger partial charge in [0, 0.05) is 17.4 Å². The van der Waals surface area contributed by atoms with Gasteiger partial charge in [-0.1, -0.05) is 28.1 Å². The van der Waals surface area contributed by atoms with Crippen LogP contribution in [-0.2, 0) is 5.54 Å². The van der Waals surface area contributed by atoms with Gasteiger partial charge < -0.3 is 5.32 Å². The maximum Gasteiger partial charge on any atom is 0.270 e. The molecule has 1 heterocycles. The number of halogens is 4. The highest BCUT2D eigenvalue weighted by Crippen LogP contribution is 2.43. The normalized spacial score (nSPS) is 27.5. The van der Waals surface area contributed by atoms with Crippen molar-refractivity contribution in [3.8, 4) is 0 Å². The van der Waals surface area contributed by atoms with E-state index in [0.717, 1.165) is 4.47 Å². The third-order valence-corrected chi connectivity index (χ3v) is 3.54. The Morgan fingerprint density at radius 3 is 2.56 bits per heavy atom. The first-order chi connectivity index (χ1) is 6.96. The van der Waals surface area contributed by atoms with Crippen LogP contribution < -0.4 is 5.32 Å². The van der Waals surface area contributed by atoms with Gasteiger partial charge in [-0.3, -0.25) is 0 Å².